The molecule has 0 bridgehead atoms. The Bertz CT molecular complexity index is 890. The van der Waals surface area contributed by atoms with Crippen molar-refractivity contribution in [3.8, 4) is 0 Å². The lowest BCUT2D eigenvalue weighted by Crippen LogP contribution is -2.32. The smallest absolute Gasteiger partial charge is 0.240 e. The fraction of sp³-hybridized carbons (Fsp3) is 0.381. The number of sulfonamides is 1. The molecule has 0 saturated carbocycles. The quantitative estimate of drug-likeness (QED) is 0.726. The van der Waals surface area contributed by atoms with Gasteiger partial charge in [0.15, 0.2) is 0 Å². The number of carbonyl (C=O) groups excluding carboxylic acids is 1. The molecule has 1 atom stereocenters. The van der Waals surface area contributed by atoms with Crippen molar-refractivity contribution in [2.45, 2.75) is 51.5 Å². The molecule has 2 rings (SSSR count). The molecule has 0 aliphatic carbocycles. The van der Waals surface area contributed by atoms with Crippen LogP contribution < -0.4 is 10.0 Å². The first-order valence-corrected chi connectivity index (χ1v) is 10.6. The van der Waals surface area contributed by atoms with Gasteiger partial charge in [-0.25, -0.2) is 13.1 Å². The lowest BCUT2D eigenvalue weighted by Gasteiger charge is -2.18. The summed E-state index contributed by atoms with van der Waals surface area (Å²) in [7, 11) is -3.62. The minimum atomic E-state index is -3.62. The van der Waals surface area contributed by atoms with Gasteiger partial charge in [0.05, 0.1) is 10.9 Å². The molecule has 0 radical (unpaired) electrons. The summed E-state index contributed by atoms with van der Waals surface area (Å²) < 4.78 is 27.2. The fourth-order valence-electron chi connectivity index (χ4n) is 2.75. The van der Waals surface area contributed by atoms with Gasteiger partial charge in [-0.15, -0.1) is 0 Å². The maximum atomic E-state index is 12.4. The van der Waals surface area contributed by atoms with Crippen LogP contribution in [0.15, 0.2) is 47.4 Å². The van der Waals surface area contributed by atoms with E-state index in [2.05, 4.69) is 10.0 Å². The van der Waals surface area contributed by atoms with Crippen molar-refractivity contribution in [3.63, 3.8) is 0 Å². The van der Waals surface area contributed by atoms with Gasteiger partial charge < -0.3 is 5.32 Å². The van der Waals surface area contributed by atoms with E-state index in [1.807, 2.05) is 52.0 Å². The topological polar surface area (TPSA) is 75.3 Å². The van der Waals surface area contributed by atoms with E-state index in [4.69, 9.17) is 0 Å². The SMILES string of the molecule is CCC(NC(=O)CCNS(=O)(=O)c1ccc(C)c(C)c1)c1ccc(C)cc1. The molecule has 0 saturated heterocycles. The molecule has 1 unspecified atom stereocenters. The van der Waals surface area contributed by atoms with Crippen molar-refractivity contribution in [1.29, 1.82) is 0 Å². The maximum absolute atomic E-state index is 12.4. The molecule has 0 aliphatic rings. The number of nitrogens with one attached hydrogen (secondary N) is 2. The second-order valence-electron chi connectivity index (χ2n) is 6.83. The Hall–Kier alpha value is -2.18. The van der Waals surface area contributed by atoms with Crippen LogP contribution >= 0.6 is 0 Å². The van der Waals surface area contributed by atoms with Gasteiger partial charge in [-0.1, -0.05) is 42.8 Å². The van der Waals surface area contributed by atoms with Crippen LogP contribution in [-0.4, -0.2) is 20.9 Å². The summed E-state index contributed by atoms with van der Waals surface area (Å²) in [5.41, 5.74) is 4.17. The van der Waals surface area contributed by atoms with Crippen LogP contribution in [0.1, 0.15) is 48.1 Å². The number of carbonyl (C=O) groups is 1. The Morgan fingerprint density at radius 2 is 1.67 bits per heavy atom. The van der Waals surface area contributed by atoms with Gasteiger partial charge in [0.2, 0.25) is 15.9 Å². The summed E-state index contributed by atoms with van der Waals surface area (Å²) in [4.78, 5) is 12.4. The van der Waals surface area contributed by atoms with E-state index < -0.39 is 10.0 Å². The molecular weight excluding hydrogens is 360 g/mol. The monoisotopic (exact) mass is 388 g/mol. The molecule has 27 heavy (non-hydrogen) atoms. The number of benzene rings is 2. The van der Waals surface area contributed by atoms with Crippen LogP contribution in [0.25, 0.3) is 0 Å². The van der Waals surface area contributed by atoms with Gasteiger partial charge >= 0.3 is 0 Å². The highest BCUT2D eigenvalue weighted by Crippen LogP contribution is 2.17. The fourth-order valence-corrected chi connectivity index (χ4v) is 3.87. The molecule has 2 aromatic rings. The molecular formula is C21H28N2O3S. The Labute approximate surface area is 162 Å². The van der Waals surface area contributed by atoms with Crippen LogP contribution in [0.4, 0.5) is 0 Å². The number of hydrogen-bond acceptors (Lipinski definition) is 3. The Kier molecular flexibility index (Phi) is 7.16. The van der Waals surface area contributed by atoms with Crippen molar-refractivity contribution in [2.75, 3.05) is 6.54 Å². The minimum absolute atomic E-state index is 0.0609. The van der Waals surface area contributed by atoms with Crippen LogP contribution in [0.2, 0.25) is 0 Å². The first-order chi connectivity index (χ1) is 12.7. The zero-order chi connectivity index (χ0) is 20.0. The number of hydrogen-bond donors (Lipinski definition) is 2. The van der Waals surface area contributed by atoms with Crippen LogP contribution in [-0.2, 0) is 14.8 Å². The predicted octanol–water partition coefficient (Wildman–Crippen LogP) is 3.55. The van der Waals surface area contributed by atoms with Gasteiger partial charge in [-0.05, 0) is 56.0 Å². The Balaban J connectivity index is 1.90. The van der Waals surface area contributed by atoms with Gasteiger partial charge in [0.1, 0.15) is 0 Å². The summed E-state index contributed by atoms with van der Waals surface area (Å²) in [5, 5.41) is 2.97. The standard InChI is InChI=1S/C21H28N2O3S/c1-5-20(18-9-6-15(2)7-10-18)23-21(24)12-13-22-27(25,26)19-11-8-16(3)17(4)14-19/h6-11,14,20,22H,5,12-13H2,1-4H3,(H,23,24). The van der Waals surface area contributed by atoms with Crippen molar-refractivity contribution >= 4 is 15.9 Å². The average molecular weight is 389 g/mol. The van der Waals surface area contributed by atoms with Crippen molar-refractivity contribution < 1.29 is 13.2 Å². The Morgan fingerprint density at radius 3 is 2.26 bits per heavy atom. The molecule has 6 heteroatoms. The van der Waals surface area contributed by atoms with Crippen molar-refractivity contribution in [1.82, 2.24) is 10.0 Å². The Morgan fingerprint density at radius 1 is 1.00 bits per heavy atom. The molecule has 0 aromatic heterocycles. The third-order valence-corrected chi connectivity index (χ3v) is 6.11. The molecule has 2 aromatic carbocycles. The summed E-state index contributed by atoms with van der Waals surface area (Å²) >= 11 is 0. The first-order valence-electron chi connectivity index (χ1n) is 9.15. The second-order valence-corrected chi connectivity index (χ2v) is 8.60. The highest BCUT2D eigenvalue weighted by atomic mass is 32.2. The highest BCUT2D eigenvalue weighted by Gasteiger charge is 2.16. The van der Waals surface area contributed by atoms with E-state index in [0.29, 0.717) is 0 Å². The van der Waals surface area contributed by atoms with E-state index in [1.165, 1.54) is 5.56 Å². The van der Waals surface area contributed by atoms with E-state index in [1.54, 1.807) is 18.2 Å². The van der Waals surface area contributed by atoms with E-state index in [-0.39, 0.29) is 29.8 Å². The molecule has 2 N–H and O–H groups in total. The van der Waals surface area contributed by atoms with Gasteiger partial charge in [0.25, 0.3) is 0 Å². The largest absolute Gasteiger partial charge is 0.349 e. The third-order valence-electron chi connectivity index (χ3n) is 4.66. The predicted molar refractivity (Wildman–Crippen MR) is 108 cm³/mol. The van der Waals surface area contributed by atoms with Crippen molar-refractivity contribution in [2.24, 2.45) is 0 Å². The molecule has 0 heterocycles. The lowest BCUT2D eigenvalue weighted by molar-refractivity contribution is -0.121. The number of aryl methyl sites for hydroxylation is 3. The zero-order valence-electron chi connectivity index (χ0n) is 16.4. The molecule has 1 amide bonds. The normalized spacial score (nSPS) is 12.6. The van der Waals surface area contributed by atoms with E-state index in [9.17, 15) is 13.2 Å². The van der Waals surface area contributed by atoms with Gasteiger partial charge in [-0.2, -0.15) is 0 Å². The lowest BCUT2D eigenvalue weighted by atomic mass is 10.0. The van der Waals surface area contributed by atoms with Crippen LogP contribution in [0, 0.1) is 20.8 Å². The van der Waals surface area contributed by atoms with Gasteiger partial charge in [-0.3, -0.25) is 4.79 Å². The summed E-state index contributed by atoms with van der Waals surface area (Å²) in [5.74, 6) is -0.176. The second kappa shape index (κ2) is 9.15. The van der Waals surface area contributed by atoms with E-state index in [0.717, 1.165) is 23.1 Å². The van der Waals surface area contributed by atoms with E-state index >= 15 is 0 Å². The maximum Gasteiger partial charge on any atom is 0.240 e. The number of rotatable bonds is 8. The highest BCUT2D eigenvalue weighted by molar-refractivity contribution is 7.89. The summed E-state index contributed by atoms with van der Waals surface area (Å²) in [6.45, 7) is 7.89. The average Bonchev–Trinajstić information content (AvgIpc) is 2.62. The summed E-state index contributed by atoms with van der Waals surface area (Å²) in [6.07, 6.45) is 0.857. The third kappa shape index (κ3) is 5.91. The van der Waals surface area contributed by atoms with Crippen molar-refractivity contribution in [3.05, 3.63) is 64.7 Å². The van der Waals surface area contributed by atoms with Crippen LogP contribution in [0.5, 0.6) is 0 Å². The minimum Gasteiger partial charge on any atom is -0.349 e. The van der Waals surface area contributed by atoms with Crippen LogP contribution in [0.3, 0.4) is 0 Å². The molecule has 0 spiro atoms. The molecule has 0 aliphatic heterocycles. The van der Waals surface area contributed by atoms with Gasteiger partial charge in [0, 0.05) is 13.0 Å². The molecule has 5 nitrogen and oxygen atoms in total. The molecule has 146 valence electrons. The zero-order valence-corrected chi connectivity index (χ0v) is 17.2. The first kappa shape index (κ1) is 21.1. The summed E-state index contributed by atoms with van der Waals surface area (Å²) in [6, 6.07) is 13.0. The molecule has 0 fully saturated rings. The number of amides is 1.